The van der Waals surface area contributed by atoms with Crippen molar-refractivity contribution in [2.75, 3.05) is 36.8 Å². The maximum atomic E-state index is 13.2. The van der Waals surface area contributed by atoms with Crippen molar-refractivity contribution in [1.29, 1.82) is 10.8 Å². The van der Waals surface area contributed by atoms with Crippen LogP contribution in [0, 0.1) is 10.8 Å². The molecule has 284 valence electrons. The fourth-order valence-corrected chi connectivity index (χ4v) is 5.67. The van der Waals surface area contributed by atoms with Gasteiger partial charge in [0, 0.05) is 75.8 Å². The van der Waals surface area contributed by atoms with E-state index < -0.39 is 29.9 Å². The highest BCUT2D eigenvalue weighted by atomic mass is 16.3. The molecule has 19 heteroatoms. The lowest BCUT2D eigenvalue weighted by atomic mass is 10.1. The Morgan fingerprint density at radius 3 is 1.36 bits per heavy atom. The van der Waals surface area contributed by atoms with Crippen LogP contribution in [0.1, 0.15) is 41.8 Å². The second-order valence-corrected chi connectivity index (χ2v) is 12.7. The number of aliphatic hydroxyl groups is 2. The molecule has 0 aliphatic rings. The number of fused-ring (bicyclic) bond motifs is 3. The Balaban J connectivity index is 1.05. The van der Waals surface area contributed by atoms with Gasteiger partial charge in [0.15, 0.2) is 11.9 Å². The lowest BCUT2D eigenvalue weighted by Gasteiger charge is -2.12. The molecular weight excluding hydrogens is 710 g/mol. The van der Waals surface area contributed by atoms with Gasteiger partial charge in [-0.2, -0.15) is 0 Å². The molecule has 2 atom stereocenters. The molecule has 4 amide bonds. The molecule has 55 heavy (non-hydrogen) atoms. The van der Waals surface area contributed by atoms with Gasteiger partial charge < -0.3 is 68.5 Å². The maximum absolute atomic E-state index is 13.2. The lowest BCUT2D eigenvalue weighted by molar-refractivity contribution is 0.0908. The first-order valence-electron chi connectivity index (χ1n) is 16.9. The Morgan fingerprint density at radius 1 is 0.527 bits per heavy atom. The lowest BCUT2D eigenvalue weighted by Crippen LogP contribution is -2.42. The molecule has 3 heterocycles. The van der Waals surface area contributed by atoms with E-state index in [0.29, 0.717) is 49.6 Å². The zero-order valence-corrected chi connectivity index (χ0v) is 29.1. The number of rotatable bonds is 14. The van der Waals surface area contributed by atoms with E-state index in [1.807, 2.05) is 0 Å². The summed E-state index contributed by atoms with van der Waals surface area (Å²) in [6.07, 6.45) is -1.90. The fourth-order valence-electron chi connectivity index (χ4n) is 5.67. The molecule has 0 saturated heterocycles. The van der Waals surface area contributed by atoms with Gasteiger partial charge in [-0.25, -0.2) is 0 Å². The smallest absolute Gasteiger partial charge is 0.272 e. The molecule has 0 aliphatic carbocycles. The molecule has 0 aliphatic heterocycles. The molecule has 3 aromatic carbocycles. The Hall–Kier alpha value is -7.38. The summed E-state index contributed by atoms with van der Waals surface area (Å²) < 4.78 is 0. The molecule has 6 rings (SSSR count). The van der Waals surface area contributed by atoms with Crippen LogP contribution in [0.2, 0.25) is 0 Å². The van der Waals surface area contributed by atoms with Crippen LogP contribution < -0.4 is 43.4 Å². The van der Waals surface area contributed by atoms with E-state index in [-0.39, 0.29) is 61.1 Å². The molecule has 6 aromatic rings. The molecule has 0 radical (unpaired) electrons. The summed E-state index contributed by atoms with van der Waals surface area (Å²) in [5.74, 6) is -2.26. The number of aliphatic hydroxyl groups excluding tert-OH is 2. The van der Waals surface area contributed by atoms with E-state index in [1.165, 1.54) is 0 Å². The van der Waals surface area contributed by atoms with Crippen LogP contribution in [-0.4, -0.2) is 99.1 Å². The largest absolute Gasteiger partial charge is 0.389 e. The first-order valence-corrected chi connectivity index (χ1v) is 16.9. The fraction of sp³-hybridized carbons (Fsp3) is 0.167. The summed E-state index contributed by atoms with van der Waals surface area (Å²) in [7, 11) is 0. The highest BCUT2D eigenvalue weighted by molar-refractivity contribution is 6.10. The first kappa shape index (κ1) is 37.4. The summed E-state index contributed by atoms with van der Waals surface area (Å²) in [5, 5.41) is 52.1. The number of aromatic nitrogens is 3. The van der Waals surface area contributed by atoms with Crippen molar-refractivity contribution in [2.45, 2.75) is 12.2 Å². The topological polar surface area (TPSA) is 328 Å². The Labute approximate surface area is 311 Å². The number of nitrogens with one attached hydrogen (secondary N) is 11. The van der Waals surface area contributed by atoms with E-state index >= 15 is 0 Å². The number of anilines is 2. The zero-order valence-electron chi connectivity index (χ0n) is 29.1. The van der Waals surface area contributed by atoms with Crippen molar-refractivity contribution >= 4 is 79.6 Å². The zero-order chi connectivity index (χ0) is 39.2. The van der Waals surface area contributed by atoms with Crippen LogP contribution >= 0.6 is 0 Å². The molecule has 2 unspecified atom stereocenters. The molecular formula is C36H39N13O6. The standard InChI is InChI=1S/C36H39N13O6/c37-35(38)43-15-23(50)13-41-32(53)28-11-19-8-21(2-5-26(19)47-28)45-31(52)17-1-4-25-18(7-17)10-30(49-25)34(55)46-22-3-6-27-20(9-22)12-29(48-27)33(54)42-14-24(51)16-44-36(39)40/h1-12,23-24,47-51H,13-16H2,(H,41,53)(H,42,54)(H,45,52)(H,46,55)(H4,37,38,43)(H4,39,40,44). The molecule has 0 spiro atoms. The van der Waals surface area contributed by atoms with Crippen molar-refractivity contribution in [3.63, 3.8) is 0 Å². The SMILES string of the molecule is N=C(N)NCC(O)CNC(=O)c1cc2cc(NC(=O)c3ccc4[nH]c(C(=O)Nc5ccc6[nH]c(C(=O)NCC(O)CNC(=N)N)cc6c5)cc4c3)ccc2[nH]1. The third-order valence-corrected chi connectivity index (χ3v) is 8.43. The van der Waals surface area contributed by atoms with Gasteiger partial charge in [0.25, 0.3) is 23.6 Å². The monoisotopic (exact) mass is 749 g/mol. The number of hydrogen-bond donors (Lipinski definition) is 15. The normalized spacial score (nSPS) is 12.2. The molecule has 17 N–H and O–H groups in total. The first-order chi connectivity index (χ1) is 26.3. The summed E-state index contributed by atoms with van der Waals surface area (Å²) >= 11 is 0. The average Bonchev–Trinajstić information content (AvgIpc) is 3.90. The molecule has 19 nitrogen and oxygen atoms in total. The summed E-state index contributed by atoms with van der Waals surface area (Å²) in [5.41, 5.74) is 14.5. The second kappa shape index (κ2) is 16.1. The molecule has 0 fully saturated rings. The summed E-state index contributed by atoms with van der Waals surface area (Å²) in [4.78, 5) is 60.7. The number of H-pyrrole nitrogens is 3. The number of amides is 4. The quantitative estimate of drug-likeness (QED) is 0.0548. The van der Waals surface area contributed by atoms with Crippen LogP contribution in [-0.2, 0) is 0 Å². The van der Waals surface area contributed by atoms with Gasteiger partial charge in [0.1, 0.15) is 17.1 Å². The minimum absolute atomic E-state index is 0.0104. The minimum atomic E-state index is -0.949. The van der Waals surface area contributed by atoms with Crippen molar-refractivity contribution in [2.24, 2.45) is 11.5 Å². The Bertz CT molecular complexity index is 2320. The number of carbonyl (C=O) groups is 4. The van der Waals surface area contributed by atoms with Crippen molar-refractivity contribution in [1.82, 2.24) is 36.2 Å². The number of carbonyl (C=O) groups excluding carboxylic acids is 4. The van der Waals surface area contributed by atoms with E-state index in [4.69, 9.17) is 22.3 Å². The minimum Gasteiger partial charge on any atom is -0.389 e. The number of guanidine groups is 2. The van der Waals surface area contributed by atoms with Gasteiger partial charge in [-0.1, -0.05) is 0 Å². The van der Waals surface area contributed by atoms with Gasteiger partial charge >= 0.3 is 0 Å². The van der Waals surface area contributed by atoms with E-state index in [1.54, 1.807) is 72.8 Å². The van der Waals surface area contributed by atoms with Gasteiger partial charge in [-0.15, -0.1) is 0 Å². The Kier molecular flexibility index (Phi) is 10.9. The van der Waals surface area contributed by atoms with E-state index in [0.717, 1.165) is 0 Å². The number of nitrogens with two attached hydrogens (primary N) is 2. The molecule has 0 saturated carbocycles. The predicted molar refractivity (Wildman–Crippen MR) is 207 cm³/mol. The van der Waals surface area contributed by atoms with E-state index in [9.17, 15) is 29.4 Å². The molecule has 0 bridgehead atoms. The van der Waals surface area contributed by atoms with Crippen LogP contribution in [0.3, 0.4) is 0 Å². The van der Waals surface area contributed by atoms with Crippen LogP contribution in [0.4, 0.5) is 11.4 Å². The van der Waals surface area contributed by atoms with E-state index in [2.05, 4.69) is 46.9 Å². The number of aromatic amines is 3. The number of hydrogen-bond acceptors (Lipinski definition) is 8. The predicted octanol–water partition coefficient (Wildman–Crippen LogP) is 0.783. The maximum Gasteiger partial charge on any atom is 0.272 e. The highest BCUT2D eigenvalue weighted by Crippen LogP contribution is 2.24. The van der Waals surface area contributed by atoms with Crippen LogP contribution in [0.15, 0.2) is 72.8 Å². The van der Waals surface area contributed by atoms with Crippen LogP contribution in [0.5, 0.6) is 0 Å². The summed E-state index contributed by atoms with van der Waals surface area (Å²) in [6, 6.07) is 20.1. The second-order valence-electron chi connectivity index (χ2n) is 12.7. The highest BCUT2D eigenvalue weighted by Gasteiger charge is 2.17. The van der Waals surface area contributed by atoms with Gasteiger partial charge in [-0.3, -0.25) is 30.0 Å². The average molecular weight is 750 g/mol. The van der Waals surface area contributed by atoms with Crippen molar-refractivity contribution in [3.05, 3.63) is 95.4 Å². The third-order valence-electron chi connectivity index (χ3n) is 8.43. The van der Waals surface area contributed by atoms with Gasteiger partial charge in [0.05, 0.1) is 12.2 Å². The van der Waals surface area contributed by atoms with Crippen LogP contribution in [0.25, 0.3) is 32.7 Å². The third kappa shape index (κ3) is 9.35. The summed E-state index contributed by atoms with van der Waals surface area (Å²) in [6.45, 7) is -0.0894. The Morgan fingerprint density at radius 2 is 0.909 bits per heavy atom. The number of benzene rings is 3. The molecule has 3 aromatic heterocycles. The van der Waals surface area contributed by atoms with Gasteiger partial charge in [0.2, 0.25) is 0 Å². The van der Waals surface area contributed by atoms with Gasteiger partial charge in [-0.05, 0) is 72.8 Å². The van der Waals surface area contributed by atoms with Crippen molar-refractivity contribution in [3.8, 4) is 0 Å². The van der Waals surface area contributed by atoms with Crippen molar-refractivity contribution < 1.29 is 29.4 Å².